The van der Waals surface area contributed by atoms with Gasteiger partial charge in [-0.25, -0.2) is 0 Å². The van der Waals surface area contributed by atoms with Gasteiger partial charge in [0.15, 0.2) is 0 Å². The highest BCUT2D eigenvalue weighted by atomic mass is 32.2. The molecule has 0 aliphatic rings. The molecular formula is C12H12N2O4S. The zero-order chi connectivity index (χ0) is 14.2. The first-order valence-corrected chi connectivity index (χ1v) is 6.23. The maximum absolute atomic E-state index is 11.7. The average molecular weight is 280 g/mol. The molecule has 2 aromatic heterocycles. The van der Waals surface area contributed by atoms with Gasteiger partial charge in [0.2, 0.25) is 0 Å². The first-order chi connectivity index (χ1) is 8.88. The van der Waals surface area contributed by atoms with E-state index < -0.39 is 11.1 Å². The molecule has 0 aliphatic carbocycles. The predicted molar refractivity (Wildman–Crippen MR) is 71.1 cm³/mol. The van der Waals surface area contributed by atoms with Crippen LogP contribution < -0.4 is 11.1 Å². The van der Waals surface area contributed by atoms with E-state index >= 15 is 0 Å². The van der Waals surface area contributed by atoms with Crippen molar-refractivity contribution < 1.29 is 10.2 Å². The lowest BCUT2D eigenvalue weighted by atomic mass is 10.3. The smallest absolute Gasteiger partial charge is 0.265 e. The Bertz CT molecular complexity index is 685. The summed E-state index contributed by atoms with van der Waals surface area (Å²) in [4.78, 5) is 28.4. The largest absolute Gasteiger partial charge is 0.506 e. The van der Waals surface area contributed by atoms with Crippen molar-refractivity contribution in [3.8, 4) is 11.5 Å². The van der Waals surface area contributed by atoms with E-state index in [-0.39, 0.29) is 21.3 Å². The number of aromatic amines is 2. The quantitative estimate of drug-likeness (QED) is 0.662. The van der Waals surface area contributed by atoms with Crippen LogP contribution >= 0.6 is 11.8 Å². The van der Waals surface area contributed by atoms with Crippen LogP contribution in [0.5, 0.6) is 11.5 Å². The molecule has 19 heavy (non-hydrogen) atoms. The molecule has 0 fully saturated rings. The first-order valence-electron chi connectivity index (χ1n) is 5.42. The van der Waals surface area contributed by atoms with Gasteiger partial charge >= 0.3 is 0 Å². The Balaban J connectivity index is 2.54. The van der Waals surface area contributed by atoms with Crippen LogP contribution in [0.25, 0.3) is 0 Å². The van der Waals surface area contributed by atoms with Crippen molar-refractivity contribution in [3.63, 3.8) is 0 Å². The number of H-pyrrole nitrogens is 2. The Kier molecular flexibility index (Phi) is 3.39. The molecule has 0 spiro atoms. The van der Waals surface area contributed by atoms with Crippen LogP contribution in [0, 0.1) is 13.8 Å². The summed E-state index contributed by atoms with van der Waals surface area (Å²) in [6.45, 7) is 3.26. The molecule has 2 aromatic rings. The van der Waals surface area contributed by atoms with E-state index in [4.69, 9.17) is 0 Å². The fraction of sp³-hybridized carbons (Fsp3) is 0.167. The van der Waals surface area contributed by atoms with Crippen LogP contribution in [0.1, 0.15) is 11.4 Å². The van der Waals surface area contributed by atoms with Crippen molar-refractivity contribution in [2.75, 3.05) is 0 Å². The van der Waals surface area contributed by atoms with Gasteiger partial charge in [-0.05, 0) is 13.8 Å². The molecule has 6 nitrogen and oxygen atoms in total. The fourth-order valence-corrected chi connectivity index (χ4v) is 2.44. The van der Waals surface area contributed by atoms with Crippen molar-refractivity contribution in [1.82, 2.24) is 9.97 Å². The van der Waals surface area contributed by atoms with Crippen molar-refractivity contribution >= 4 is 11.8 Å². The van der Waals surface area contributed by atoms with Gasteiger partial charge in [-0.15, -0.1) is 0 Å². The standard InChI is InChI=1S/C12H12N2O4S/c1-5-3-7(15)9(11(17)13-5)19-10-8(16)4-6(2)14-12(10)18/h3-4H,1-2H3,(H2,13,15,17)(H2,14,16,18). The van der Waals surface area contributed by atoms with E-state index in [2.05, 4.69) is 9.97 Å². The van der Waals surface area contributed by atoms with E-state index in [1.54, 1.807) is 13.8 Å². The van der Waals surface area contributed by atoms with Crippen LogP contribution in [0.4, 0.5) is 0 Å². The van der Waals surface area contributed by atoms with Crippen LogP contribution in [-0.4, -0.2) is 20.2 Å². The lowest BCUT2D eigenvalue weighted by Gasteiger charge is -2.06. The highest BCUT2D eigenvalue weighted by Crippen LogP contribution is 2.34. The summed E-state index contributed by atoms with van der Waals surface area (Å²) in [6, 6.07) is 2.76. The fourth-order valence-electron chi connectivity index (χ4n) is 1.62. The Morgan fingerprint density at radius 3 is 1.58 bits per heavy atom. The molecule has 2 heterocycles. The van der Waals surface area contributed by atoms with Gasteiger partial charge in [0, 0.05) is 23.5 Å². The average Bonchev–Trinajstić information content (AvgIpc) is 2.25. The molecule has 0 aliphatic heterocycles. The van der Waals surface area contributed by atoms with Gasteiger partial charge in [-0.3, -0.25) is 9.59 Å². The zero-order valence-corrected chi connectivity index (χ0v) is 11.1. The number of aryl methyl sites for hydroxylation is 2. The van der Waals surface area contributed by atoms with Gasteiger partial charge in [0.25, 0.3) is 11.1 Å². The van der Waals surface area contributed by atoms with E-state index in [1.807, 2.05) is 0 Å². The van der Waals surface area contributed by atoms with Crippen molar-refractivity contribution in [2.24, 2.45) is 0 Å². The molecular weight excluding hydrogens is 268 g/mol. The highest BCUT2D eigenvalue weighted by molar-refractivity contribution is 7.99. The molecule has 0 unspecified atom stereocenters. The summed E-state index contributed by atoms with van der Waals surface area (Å²) in [5.41, 5.74) is -0.00785. The summed E-state index contributed by atoms with van der Waals surface area (Å²) < 4.78 is 0. The molecule has 0 aromatic carbocycles. The minimum atomic E-state index is -0.512. The number of rotatable bonds is 2. The van der Waals surface area contributed by atoms with Gasteiger partial charge in [0.05, 0.1) is 0 Å². The zero-order valence-electron chi connectivity index (χ0n) is 10.3. The molecule has 0 bridgehead atoms. The minimum Gasteiger partial charge on any atom is -0.506 e. The van der Waals surface area contributed by atoms with Gasteiger partial charge < -0.3 is 20.2 Å². The lowest BCUT2D eigenvalue weighted by molar-refractivity contribution is 0.456. The van der Waals surface area contributed by atoms with E-state index in [0.29, 0.717) is 11.4 Å². The maximum Gasteiger partial charge on any atom is 0.265 e. The monoisotopic (exact) mass is 280 g/mol. The number of aromatic nitrogens is 2. The number of nitrogens with one attached hydrogen (secondary N) is 2. The highest BCUT2D eigenvalue weighted by Gasteiger charge is 2.15. The van der Waals surface area contributed by atoms with Crippen molar-refractivity contribution in [2.45, 2.75) is 23.6 Å². The number of pyridine rings is 2. The van der Waals surface area contributed by atoms with Crippen LogP contribution in [-0.2, 0) is 0 Å². The SMILES string of the molecule is Cc1cc(O)c(Sc2c(O)cc(C)[nH]c2=O)c(=O)[nH]1. The third kappa shape index (κ3) is 2.65. The van der Waals surface area contributed by atoms with Crippen LogP contribution in [0.15, 0.2) is 31.5 Å². The maximum atomic E-state index is 11.7. The molecule has 0 saturated carbocycles. The normalized spacial score (nSPS) is 10.6. The topological polar surface area (TPSA) is 106 Å². The molecule has 2 rings (SSSR count). The summed E-state index contributed by atoms with van der Waals surface area (Å²) >= 11 is 0.724. The lowest BCUT2D eigenvalue weighted by Crippen LogP contribution is -2.13. The number of hydrogen-bond donors (Lipinski definition) is 4. The summed E-state index contributed by atoms with van der Waals surface area (Å²) in [6.07, 6.45) is 0. The number of aromatic hydroxyl groups is 2. The second kappa shape index (κ2) is 4.85. The minimum absolute atomic E-state index is 0.0322. The Hall–Kier alpha value is -2.15. The third-order valence-corrected chi connectivity index (χ3v) is 3.61. The van der Waals surface area contributed by atoms with Gasteiger partial charge in [-0.1, -0.05) is 11.8 Å². The Morgan fingerprint density at radius 2 is 1.26 bits per heavy atom. The predicted octanol–water partition coefficient (Wildman–Crippen LogP) is 1.24. The van der Waals surface area contributed by atoms with Gasteiger partial charge in [-0.2, -0.15) is 0 Å². The molecule has 0 saturated heterocycles. The summed E-state index contributed by atoms with van der Waals surface area (Å²) in [5.74, 6) is -0.462. The third-order valence-electron chi connectivity index (χ3n) is 2.41. The molecule has 0 atom stereocenters. The van der Waals surface area contributed by atoms with Gasteiger partial charge in [0.1, 0.15) is 21.3 Å². The van der Waals surface area contributed by atoms with Crippen molar-refractivity contribution in [1.29, 1.82) is 0 Å². The molecule has 0 radical (unpaired) electrons. The number of hydrogen-bond acceptors (Lipinski definition) is 5. The molecule has 0 amide bonds. The van der Waals surface area contributed by atoms with Crippen LogP contribution in [0.2, 0.25) is 0 Å². The summed E-state index contributed by atoms with van der Waals surface area (Å²) in [7, 11) is 0. The van der Waals surface area contributed by atoms with E-state index in [1.165, 1.54) is 12.1 Å². The second-order valence-corrected chi connectivity index (χ2v) is 5.11. The summed E-state index contributed by atoms with van der Waals surface area (Å²) in [5, 5.41) is 19.5. The van der Waals surface area contributed by atoms with Crippen LogP contribution in [0.3, 0.4) is 0 Å². The Labute approximate surface area is 112 Å². The van der Waals surface area contributed by atoms with Crippen molar-refractivity contribution in [3.05, 3.63) is 44.2 Å². The van der Waals surface area contributed by atoms with E-state index in [0.717, 1.165) is 11.8 Å². The molecule has 7 heteroatoms. The molecule has 4 N–H and O–H groups in total. The first kappa shape index (κ1) is 13.3. The second-order valence-electron chi connectivity index (χ2n) is 4.09. The molecule has 100 valence electrons. The van der Waals surface area contributed by atoms with E-state index in [9.17, 15) is 19.8 Å². The Morgan fingerprint density at radius 1 is 0.895 bits per heavy atom.